The first-order valence-electron chi connectivity index (χ1n) is 6.56. The Morgan fingerprint density at radius 1 is 1.33 bits per heavy atom. The minimum atomic E-state index is -0.264. The number of carbonyl (C=O) groups is 1. The molecular formula is C15H15BrClN3O. The number of halogens is 2. The molecule has 110 valence electrons. The molecule has 2 aromatic rings. The van der Waals surface area contributed by atoms with Gasteiger partial charge in [-0.15, -0.1) is 0 Å². The fraction of sp³-hybridized carbons (Fsp3) is 0.200. The molecule has 1 amide bonds. The van der Waals surface area contributed by atoms with Gasteiger partial charge in [0.05, 0.1) is 17.6 Å². The van der Waals surface area contributed by atoms with E-state index in [0.29, 0.717) is 16.4 Å². The zero-order valence-electron chi connectivity index (χ0n) is 11.5. The van der Waals surface area contributed by atoms with Gasteiger partial charge in [-0.25, -0.2) is 4.98 Å². The number of hydrogen-bond donors (Lipinski definition) is 2. The molecule has 21 heavy (non-hydrogen) atoms. The van der Waals surface area contributed by atoms with Crippen molar-refractivity contribution in [3.63, 3.8) is 0 Å². The number of nitrogens with zero attached hydrogens (tertiary/aromatic N) is 1. The van der Waals surface area contributed by atoms with Gasteiger partial charge in [0.25, 0.3) is 5.91 Å². The molecule has 2 N–H and O–H groups in total. The maximum absolute atomic E-state index is 12.1. The summed E-state index contributed by atoms with van der Waals surface area (Å²) in [6, 6.07) is 8.71. The van der Waals surface area contributed by atoms with E-state index in [1.165, 1.54) is 0 Å². The van der Waals surface area contributed by atoms with Crippen LogP contribution in [0.4, 0.5) is 11.4 Å². The smallest absolute Gasteiger partial charge is 0.274 e. The van der Waals surface area contributed by atoms with Gasteiger partial charge in [0.1, 0.15) is 5.69 Å². The van der Waals surface area contributed by atoms with E-state index in [0.717, 1.165) is 23.1 Å². The normalized spacial score (nSPS) is 10.2. The molecule has 0 atom stereocenters. The quantitative estimate of drug-likeness (QED) is 0.812. The van der Waals surface area contributed by atoms with Gasteiger partial charge in [0, 0.05) is 16.0 Å². The van der Waals surface area contributed by atoms with Crippen LogP contribution in [-0.2, 0) is 0 Å². The Morgan fingerprint density at radius 2 is 2.14 bits per heavy atom. The Balaban J connectivity index is 2.06. The van der Waals surface area contributed by atoms with Crippen molar-refractivity contribution < 1.29 is 4.79 Å². The van der Waals surface area contributed by atoms with Gasteiger partial charge in [0.2, 0.25) is 0 Å². The zero-order chi connectivity index (χ0) is 15.2. The molecule has 0 aliphatic carbocycles. The lowest BCUT2D eigenvalue weighted by atomic mass is 10.3. The van der Waals surface area contributed by atoms with Gasteiger partial charge in [-0.05, 0) is 52.7 Å². The molecule has 0 radical (unpaired) electrons. The molecule has 0 aliphatic rings. The summed E-state index contributed by atoms with van der Waals surface area (Å²) in [6.07, 6.45) is 2.69. The molecule has 0 unspecified atom stereocenters. The summed E-state index contributed by atoms with van der Waals surface area (Å²) < 4.78 is 0.726. The van der Waals surface area contributed by atoms with E-state index in [2.05, 4.69) is 38.5 Å². The van der Waals surface area contributed by atoms with Crippen LogP contribution < -0.4 is 10.6 Å². The van der Waals surface area contributed by atoms with Crippen LogP contribution in [0.15, 0.2) is 41.0 Å². The van der Waals surface area contributed by atoms with Gasteiger partial charge in [0.15, 0.2) is 0 Å². The summed E-state index contributed by atoms with van der Waals surface area (Å²) in [6.45, 7) is 2.97. The lowest BCUT2D eigenvalue weighted by molar-refractivity contribution is 0.102. The number of aromatic nitrogens is 1. The Morgan fingerprint density at radius 3 is 2.76 bits per heavy atom. The largest absolute Gasteiger partial charge is 0.384 e. The van der Waals surface area contributed by atoms with Crippen LogP contribution in [0, 0.1) is 0 Å². The molecule has 1 heterocycles. The lowest BCUT2D eigenvalue weighted by Gasteiger charge is -2.08. The number of nitrogens with one attached hydrogen (secondary N) is 2. The monoisotopic (exact) mass is 367 g/mol. The van der Waals surface area contributed by atoms with Crippen molar-refractivity contribution in [2.45, 2.75) is 13.3 Å². The Labute approximate surface area is 137 Å². The van der Waals surface area contributed by atoms with E-state index in [-0.39, 0.29) is 5.91 Å². The molecule has 0 aliphatic heterocycles. The first-order chi connectivity index (χ1) is 10.1. The SMILES string of the molecule is CCCNc1ccc(C(=O)Nc2ccc(Cl)cc2Br)nc1. The summed E-state index contributed by atoms with van der Waals surface area (Å²) in [5.41, 5.74) is 1.92. The molecule has 0 saturated heterocycles. The topological polar surface area (TPSA) is 54.0 Å². The molecule has 0 saturated carbocycles. The third-order valence-corrected chi connectivity index (χ3v) is 3.65. The predicted molar refractivity (Wildman–Crippen MR) is 90.1 cm³/mol. The predicted octanol–water partition coefficient (Wildman–Crippen LogP) is 4.57. The molecule has 6 heteroatoms. The second kappa shape index (κ2) is 7.43. The minimum absolute atomic E-state index is 0.264. The number of amides is 1. The number of benzene rings is 1. The summed E-state index contributed by atoms with van der Waals surface area (Å²) in [5.74, 6) is -0.264. The van der Waals surface area contributed by atoms with Crippen molar-refractivity contribution in [1.82, 2.24) is 4.98 Å². The second-order valence-electron chi connectivity index (χ2n) is 4.44. The van der Waals surface area contributed by atoms with Crippen molar-refractivity contribution >= 4 is 44.8 Å². The minimum Gasteiger partial charge on any atom is -0.384 e. The van der Waals surface area contributed by atoms with Crippen molar-refractivity contribution in [1.29, 1.82) is 0 Å². The van der Waals surface area contributed by atoms with Crippen molar-refractivity contribution in [3.05, 3.63) is 51.7 Å². The van der Waals surface area contributed by atoms with E-state index in [1.807, 2.05) is 6.07 Å². The van der Waals surface area contributed by atoms with Crippen LogP contribution in [0.2, 0.25) is 5.02 Å². The molecule has 0 spiro atoms. The van der Waals surface area contributed by atoms with E-state index in [1.54, 1.807) is 30.5 Å². The van der Waals surface area contributed by atoms with Crippen LogP contribution in [0.1, 0.15) is 23.8 Å². The van der Waals surface area contributed by atoms with Gasteiger partial charge in [-0.2, -0.15) is 0 Å². The van der Waals surface area contributed by atoms with Gasteiger partial charge >= 0.3 is 0 Å². The number of anilines is 2. The fourth-order valence-corrected chi connectivity index (χ4v) is 2.46. The Bertz CT molecular complexity index is 631. The maximum atomic E-state index is 12.1. The lowest BCUT2D eigenvalue weighted by Crippen LogP contribution is -2.14. The molecule has 4 nitrogen and oxygen atoms in total. The van der Waals surface area contributed by atoms with Crippen molar-refractivity contribution in [3.8, 4) is 0 Å². The molecular weight excluding hydrogens is 354 g/mol. The van der Waals surface area contributed by atoms with Crippen molar-refractivity contribution in [2.24, 2.45) is 0 Å². The molecule has 2 rings (SSSR count). The highest BCUT2D eigenvalue weighted by Crippen LogP contribution is 2.26. The van der Waals surface area contributed by atoms with Crippen LogP contribution in [0.5, 0.6) is 0 Å². The molecule has 0 bridgehead atoms. The first kappa shape index (κ1) is 15.8. The average Bonchev–Trinajstić information content (AvgIpc) is 2.48. The van der Waals surface area contributed by atoms with E-state index >= 15 is 0 Å². The zero-order valence-corrected chi connectivity index (χ0v) is 13.8. The van der Waals surface area contributed by atoms with E-state index in [9.17, 15) is 4.79 Å². The first-order valence-corrected chi connectivity index (χ1v) is 7.73. The van der Waals surface area contributed by atoms with Gasteiger partial charge in [-0.1, -0.05) is 18.5 Å². The average molecular weight is 369 g/mol. The molecule has 1 aromatic carbocycles. The maximum Gasteiger partial charge on any atom is 0.274 e. The molecule has 1 aromatic heterocycles. The third kappa shape index (κ3) is 4.44. The second-order valence-corrected chi connectivity index (χ2v) is 5.73. The summed E-state index contributed by atoms with van der Waals surface area (Å²) >= 11 is 9.23. The number of carbonyl (C=O) groups excluding carboxylic acids is 1. The highest BCUT2D eigenvalue weighted by molar-refractivity contribution is 9.10. The van der Waals surface area contributed by atoms with Crippen molar-refractivity contribution in [2.75, 3.05) is 17.2 Å². The van der Waals surface area contributed by atoms with Crippen LogP contribution >= 0.6 is 27.5 Å². The molecule has 0 fully saturated rings. The fourth-order valence-electron chi connectivity index (χ4n) is 1.68. The Hall–Kier alpha value is -1.59. The number of pyridine rings is 1. The van der Waals surface area contributed by atoms with E-state index < -0.39 is 0 Å². The standard InChI is InChI=1S/C15H15BrClN3O/c1-2-7-18-11-4-6-14(19-9-11)15(21)20-13-5-3-10(17)8-12(13)16/h3-6,8-9,18H,2,7H2,1H3,(H,20,21). The number of rotatable bonds is 5. The van der Waals surface area contributed by atoms with Gasteiger partial charge < -0.3 is 10.6 Å². The summed E-state index contributed by atoms with van der Waals surface area (Å²) in [5, 5.41) is 6.60. The van der Waals surface area contributed by atoms with Crippen LogP contribution in [0.25, 0.3) is 0 Å². The third-order valence-electron chi connectivity index (χ3n) is 2.75. The summed E-state index contributed by atoms with van der Waals surface area (Å²) in [4.78, 5) is 16.3. The van der Waals surface area contributed by atoms with Crippen LogP contribution in [-0.4, -0.2) is 17.4 Å². The van der Waals surface area contributed by atoms with E-state index in [4.69, 9.17) is 11.6 Å². The van der Waals surface area contributed by atoms with Gasteiger partial charge in [-0.3, -0.25) is 4.79 Å². The number of hydrogen-bond acceptors (Lipinski definition) is 3. The highest BCUT2D eigenvalue weighted by Gasteiger charge is 2.09. The summed E-state index contributed by atoms with van der Waals surface area (Å²) in [7, 11) is 0. The van der Waals surface area contributed by atoms with Crippen LogP contribution in [0.3, 0.4) is 0 Å². The Kier molecular flexibility index (Phi) is 5.59. The highest BCUT2D eigenvalue weighted by atomic mass is 79.9.